The van der Waals surface area contributed by atoms with Crippen molar-refractivity contribution >= 4 is 0 Å². The molecule has 1 nitrogen and oxygen atoms in total. The lowest BCUT2D eigenvalue weighted by molar-refractivity contribution is 0.396. The van der Waals surface area contributed by atoms with Gasteiger partial charge in [0, 0.05) is 14.5 Å². The van der Waals surface area contributed by atoms with Crippen molar-refractivity contribution < 1.29 is 2.74 Å². The molecule has 1 saturated carbocycles. The fourth-order valence-electron chi connectivity index (χ4n) is 3.54. The minimum Gasteiger partial charge on any atom is -0.256 e. The number of nitrogens with zero attached hydrogens (tertiary/aromatic N) is 1. The predicted octanol–water partition coefficient (Wildman–Crippen LogP) is 6.19. The molecule has 0 radical (unpaired) electrons. The van der Waals surface area contributed by atoms with Gasteiger partial charge in [-0.1, -0.05) is 54.6 Å². The minimum atomic E-state index is -0.621. The van der Waals surface area contributed by atoms with Crippen molar-refractivity contribution in [1.29, 1.82) is 0 Å². The van der Waals surface area contributed by atoms with Crippen molar-refractivity contribution in [3.63, 3.8) is 0 Å². The first-order valence-corrected chi connectivity index (χ1v) is 8.67. The summed E-state index contributed by atoms with van der Waals surface area (Å²) in [5, 5.41) is 0. The average Bonchev–Trinajstić information content (AvgIpc) is 2.72. The molecule has 4 rings (SSSR count). The van der Waals surface area contributed by atoms with Gasteiger partial charge >= 0.3 is 0 Å². The second-order valence-corrected chi connectivity index (χ2v) is 6.37. The highest BCUT2D eigenvalue weighted by Gasteiger charge is 2.23. The van der Waals surface area contributed by atoms with E-state index >= 15 is 0 Å². The molecule has 1 aliphatic rings. The molecule has 24 heavy (non-hydrogen) atoms. The zero-order chi connectivity index (χ0) is 18.0. The fourth-order valence-corrected chi connectivity index (χ4v) is 3.54. The molecule has 0 bridgehead atoms. The third-order valence-corrected chi connectivity index (χ3v) is 4.87. The molecule has 0 N–H and O–H groups in total. The third kappa shape index (κ3) is 3.26. The van der Waals surface area contributed by atoms with Crippen LogP contribution >= 0.6 is 0 Å². The number of aromatic nitrogens is 1. The zero-order valence-corrected chi connectivity index (χ0v) is 13.8. The monoisotopic (exact) mass is 315 g/mol. The number of pyridine rings is 1. The van der Waals surface area contributed by atoms with E-state index in [2.05, 4.69) is 23.2 Å². The second-order valence-electron chi connectivity index (χ2n) is 6.37. The third-order valence-electron chi connectivity index (χ3n) is 4.87. The topological polar surface area (TPSA) is 12.9 Å². The standard InChI is InChI=1S/C23H23N/c1-2-7-18(8-3-1)19-12-14-20(15-13-19)21-9-6-10-22(17-21)23-11-4-5-16-24-23/h1-11,16-17,19-20H,12-15H2/i19D,20D. The van der Waals surface area contributed by atoms with Crippen LogP contribution in [0.5, 0.6) is 0 Å². The van der Waals surface area contributed by atoms with Crippen LogP contribution in [0.25, 0.3) is 11.3 Å². The van der Waals surface area contributed by atoms with Gasteiger partial charge in [0.25, 0.3) is 0 Å². The largest absolute Gasteiger partial charge is 0.256 e. The summed E-state index contributed by atoms with van der Waals surface area (Å²) in [7, 11) is 0. The maximum atomic E-state index is 9.06. The van der Waals surface area contributed by atoms with Gasteiger partial charge in [-0.25, -0.2) is 0 Å². The number of hydrogen-bond donors (Lipinski definition) is 0. The van der Waals surface area contributed by atoms with Crippen molar-refractivity contribution in [2.24, 2.45) is 0 Å². The molecule has 3 aromatic rings. The van der Waals surface area contributed by atoms with E-state index in [-0.39, 0.29) is 0 Å². The molecular formula is C23H23N. The summed E-state index contributed by atoms with van der Waals surface area (Å²) in [5.41, 5.74) is 4.11. The molecule has 120 valence electrons. The van der Waals surface area contributed by atoms with E-state index in [0.717, 1.165) is 22.4 Å². The van der Waals surface area contributed by atoms with E-state index < -0.39 is 11.8 Å². The molecule has 1 fully saturated rings. The lowest BCUT2D eigenvalue weighted by Gasteiger charge is -2.29. The number of hydrogen-bond acceptors (Lipinski definition) is 1. The van der Waals surface area contributed by atoms with Crippen LogP contribution in [0.2, 0.25) is 0 Å². The summed E-state index contributed by atoms with van der Waals surface area (Å²) in [6.07, 6.45) is 4.64. The van der Waals surface area contributed by atoms with Gasteiger partial charge in [-0.15, -0.1) is 0 Å². The molecule has 0 amide bonds. The van der Waals surface area contributed by atoms with Gasteiger partial charge in [0.15, 0.2) is 0 Å². The van der Waals surface area contributed by atoms with Gasteiger partial charge in [-0.05, 0) is 66.8 Å². The smallest absolute Gasteiger partial charge is 0.0702 e. The van der Waals surface area contributed by atoms with Crippen LogP contribution in [0, 0.1) is 0 Å². The van der Waals surface area contributed by atoms with E-state index in [9.17, 15) is 0 Å². The van der Waals surface area contributed by atoms with E-state index in [1.165, 1.54) is 0 Å². The van der Waals surface area contributed by atoms with Gasteiger partial charge in [0.05, 0.1) is 5.69 Å². The van der Waals surface area contributed by atoms with Gasteiger partial charge in [-0.3, -0.25) is 4.98 Å². The summed E-state index contributed by atoms with van der Waals surface area (Å²) in [6, 6.07) is 24.2. The van der Waals surface area contributed by atoms with Crippen molar-refractivity contribution in [2.45, 2.75) is 37.5 Å². The Balaban J connectivity index is 1.58. The molecule has 1 heteroatoms. The van der Waals surface area contributed by atoms with Crippen molar-refractivity contribution in [2.75, 3.05) is 0 Å². The van der Waals surface area contributed by atoms with Crippen LogP contribution in [-0.4, -0.2) is 4.98 Å². The zero-order valence-electron chi connectivity index (χ0n) is 15.8. The molecule has 0 unspecified atom stereocenters. The average molecular weight is 315 g/mol. The maximum Gasteiger partial charge on any atom is 0.0702 e. The van der Waals surface area contributed by atoms with Crippen molar-refractivity contribution in [1.82, 2.24) is 4.98 Å². The van der Waals surface area contributed by atoms with Crippen molar-refractivity contribution in [3.8, 4) is 11.3 Å². The molecule has 1 aliphatic carbocycles. The summed E-state index contributed by atoms with van der Waals surface area (Å²) < 4.78 is 17.9. The second kappa shape index (κ2) is 7.00. The Kier molecular flexibility index (Phi) is 3.78. The first-order valence-electron chi connectivity index (χ1n) is 9.67. The highest BCUT2D eigenvalue weighted by molar-refractivity contribution is 5.60. The predicted molar refractivity (Wildman–Crippen MR) is 100 cm³/mol. The number of benzene rings is 2. The van der Waals surface area contributed by atoms with Crippen LogP contribution in [0.1, 0.15) is 51.3 Å². The molecule has 0 atom stereocenters. The van der Waals surface area contributed by atoms with Crippen LogP contribution in [0.3, 0.4) is 0 Å². The lowest BCUT2D eigenvalue weighted by atomic mass is 9.76. The van der Waals surface area contributed by atoms with Gasteiger partial charge in [0.1, 0.15) is 0 Å². The maximum absolute atomic E-state index is 9.06. The van der Waals surface area contributed by atoms with E-state index in [1.807, 2.05) is 54.6 Å². The Labute approximate surface area is 147 Å². The van der Waals surface area contributed by atoms with Crippen LogP contribution in [0.15, 0.2) is 79.0 Å². The summed E-state index contributed by atoms with van der Waals surface area (Å²) in [6.45, 7) is 0. The quantitative estimate of drug-likeness (QED) is 0.561. The number of rotatable bonds is 3. The van der Waals surface area contributed by atoms with Gasteiger partial charge < -0.3 is 0 Å². The molecule has 0 aliphatic heterocycles. The Morgan fingerprint density at radius 2 is 1.38 bits per heavy atom. The van der Waals surface area contributed by atoms with Gasteiger partial charge in [0.2, 0.25) is 0 Å². The minimum absolute atomic E-state index is 0.565. The molecule has 0 spiro atoms. The van der Waals surface area contributed by atoms with E-state index in [4.69, 9.17) is 2.74 Å². The lowest BCUT2D eigenvalue weighted by Crippen LogP contribution is -2.12. The SMILES string of the molecule is [2H]C1(c2ccccc2)CCC([2H])(c2cccc(-c3ccccn3)c2)CC1. The highest BCUT2D eigenvalue weighted by Crippen LogP contribution is 2.40. The Morgan fingerprint density at radius 3 is 2.08 bits per heavy atom. The van der Waals surface area contributed by atoms with Crippen molar-refractivity contribution in [3.05, 3.63) is 90.1 Å². The first kappa shape index (κ1) is 12.9. The summed E-state index contributed by atoms with van der Waals surface area (Å²) in [5.74, 6) is -1.19. The Bertz CT molecular complexity index is 869. The van der Waals surface area contributed by atoms with Crippen LogP contribution in [0.4, 0.5) is 0 Å². The molecule has 1 heterocycles. The summed E-state index contributed by atoms with van der Waals surface area (Å²) in [4.78, 5) is 4.43. The van der Waals surface area contributed by atoms with E-state index in [1.54, 1.807) is 6.20 Å². The normalized spacial score (nSPS) is 28.0. The fraction of sp³-hybridized carbons (Fsp3) is 0.261. The molecule has 2 aromatic carbocycles. The highest BCUT2D eigenvalue weighted by atomic mass is 14.7. The van der Waals surface area contributed by atoms with E-state index in [0.29, 0.717) is 25.7 Å². The van der Waals surface area contributed by atoms with Gasteiger partial charge in [-0.2, -0.15) is 0 Å². The molecule has 0 saturated heterocycles. The summed E-state index contributed by atoms with van der Waals surface area (Å²) >= 11 is 0. The van der Waals surface area contributed by atoms with Crippen LogP contribution in [-0.2, 0) is 0 Å². The molecular weight excluding hydrogens is 290 g/mol. The molecule has 1 aromatic heterocycles. The first-order chi connectivity index (χ1) is 12.6. The Morgan fingerprint density at radius 1 is 0.708 bits per heavy atom. The van der Waals surface area contributed by atoms with Crippen LogP contribution < -0.4 is 0 Å². The Hall–Kier alpha value is -2.41.